The Balaban J connectivity index is 1.67. The summed E-state index contributed by atoms with van der Waals surface area (Å²) in [6.07, 6.45) is 0.956. The van der Waals surface area contributed by atoms with Crippen molar-refractivity contribution in [3.63, 3.8) is 0 Å². The lowest BCUT2D eigenvalue weighted by atomic mass is 10.1. The Morgan fingerprint density at radius 2 is 2.05 bits per heavy atom. The van der Waals surface area contributed by atoms with Crippen LogP contribution in [0.4, 0.5) is 0 Å². The Hall–Kier alpha value is -1.46. The molecule has 5 heteroatoms. The molecule has 1 aliphatic heterocycles. The smallest absolute Gasteiger partial charge is 0.231 e. The predicted octanol–water partition coefficient (Wildman–Crippen LogP) is 2.27. The number of ether oxygens (including phenoxy) is 3. The van der Waals surface area contributed by atoms with E-state index in [1.54, 1.807) is 6.07 Å². The maximum Gasteiger partial charge on any atom is 0.231 e. The first-order chi connectivity index (χ1) is 9.66. The summed E-state index contributed by atoms with van der Waals surface area (Å²) < 4.78 is 16.0. The summed E-state index contributed by atoms with van der Waals surface area (Å²) in [5.74, 6) is 2.11. The van der Waals surface area contributed by atoms with Gasteiger partial charge in [-0.1, -0.05) is 13.8 Å². The van der Waals surface area contributed by atoms with Crippen LogP contribution in [-0.2, 0) is 11.3 Å². The van der Waals surface area contributed by atoms with E-state index < -0.39 is 0 Å². The van der Waals surface area contributed by atoms with Gasteiger partial charge in [-0.25, -0.2) is 0 Å². The van der Waals surface area contributed by atoms with E-state index in [1.165, 1.54) is 0 Å². The third-order valence-electron chi connectivity index (χ3n) is 2.98. The van der Waals surface area contributed by atoms with E-state index in [-0.39, 0.29) is 12.5 Å². The van der Waals surface area contributed by atoms with Crippen LogP contribution in [0.1, 0.15) is 25.8 Å². The van der Waals surface area contributed by atoms with Gasteiger partial charge in [0.25, 0.3) is 0 Å². The summed E-state index contributed by atoms with van der Waals surface area (Å²) >= 11 is 0. The number of phenols is 1. The van der Waals surface area contributed by atoms with Crippen LogP contribution >= 0.6 is 0 Å². The SMILES string of the molecule is CC(C)COCCCNCc1cc2c(cc1O)OCO2. The number of hydrogen-bond donors (Lipinski definition) is 2. The first-order valence-electron chi connectivity index (χ1n) is 7.06. The minimum atomic E-state index is 0.221. The van der Waals surface area contributed by atoms with Crippen LogP contribution in [0.3, 0.4) is 0 Å². The zero-order valence-corrected chi connectivity index (χ0v) is 12.1. The maximum absolute atomic E-state index is 9.88. The van der Waals surface area contributed by atoms with E-state index in [2.05, 4.69) is 19.2 Å². The molecule has 0 saturated heterocycles. The van der Waals surface area contributed by atoms with Gasteiger partial charge < -0.3 is 24.6 Å². The van der Waals surface area contributed by atoms with Crippen LogP contribution in [0.15, 0.2) is 12.1 Å². The summed E-state index contributed by atoms with van der Waals surface area (Å²) in [4.78, 5) is 0. The molecule has 5 nitrogen and oxygen atoms in total. The fourth-order valence-corrected chi connectivity index (χ4v) is 1.96. The highest BCUT2D eigenvalue weighted by atomic mass is 16.7. The van der Waals surface area contributed by atoms with Gasteiger partial charge in [-0.2, -0.15) is 0 Å². The molecule has 20 heavy (non-hydrogen) atoms. The highest BCUT2D eigenvalue weighted by Crippen LogP contribution is 2.37. The van der Waals surface area contributed by atoms with Crippen molar-refractivity contribution in [1.82, 2.24) is 5.32 Å². The minimum Gasteiger partial charge on any atom is -0.507 e. The number of rotatable bonds is 8. The standard InChI is InChI=1S/C15H23NO4/c1-11(2)9-18-5-3-4-16-8-12-6-14-15(7-13(12)17)20-10-19-14/h6-7,11,16-17H,3-5,8-10H2,1-2H3. The fraction of sp³-hybridized carbons (Fsp3) is 0.600. The summed E-state index contributed by atoms with van der Waals surface area (Å²) in [6.45, 7) is 7.53. The van der Waals surface area contributed by atoms with Crippen molar-refractivity contribution in [2.75, 3.05) is 26.6 Å². The van der Waals surface area contributed by atoms with Gasteiger partial charge in [-0.15, -0.1) is 0 Å². The molecule has 0 fully saturated rings. The summed E-state index contributed by atoms with van der Waals surface area (Å²) in [5, 5.41) is 13.2. The zero-order chi connectivity index (χ0) is 14.4. The highest BCUT2D eigenvalue weighted by Gasteiger charge is 2.16. The molecular formula is C15H23NO4. The second-order valence-corrected chi connectivity index (χ2v) is 5.33. The Labute approximate surface area is 119 Å². The Morgan fingerprint density at radius 3 is 2.80 bits per heavy atom. The predicted molar refractivity (Wildman–Crippen MR) is 76.2 cm³/mol. The van der Waals surface area contributed by atoms with Crippen LogP contribution in [0, 0.1) is 5.92 Å². The zero-order valence-electron chi connectivity index (χ0n) is 12.1. The molecule has 0 bridgehead atoms. The average molecular weight is 281 g/mol. The van der Waals surface area contributed by atoms with E-state index in [4.69, 9.17) is 14.2 Å². The van der Waals surface area contributed by atoms with Crippen molar-refractivity contribution in [2.45, 2.75) is 26.8 Å². The summed E-state index contributed by atoms with van der Waals surface area (Å²) in [6, 6.07) is 3.42. The van der Waals surface area contributed by atoms with Gasteiger partial charge in [-0.3, -0.25) is 0 Å². The van der Waals surface area contributed by atoms with E-state index in [0.717, 1.165) is 31.7 Å². The molecule has 0 radical (unpaired) electrons. The average Bonchev–Trinajstić information content (AvgIpc) is 2.84. The van der Waals surface area contributed by atoms with Crippen molar-refractivity contribution in [1.29, 1.82) is 0 Å². The lowest BCUT2D eigenvalue weighted by Gasteiger charge is -2.09. The molecule has 0 spiro atoms. The molecule has 1 aliphatic rings. The minimum absolute atomic E-state index is 0.221. The van der Waals surface area contributed by atoms with Gasteiger partial charge in [0.15, 0.2) is 11.5 Å². The van der Waals surface area contributed by atoms with Gasteiger partial charge in [0.1, 0.15) is 5.75 Å². The fourth-order valence-electron chi connectivity index (χ4n) is 1.96. The van der Waals surface area contributed by atoms with Crippen molar-refractivity contribution in [3.05, 3.63) is 17.7 Å². The number of benzene rings is 1. The van der Waals surface area contributed by atoms with Gasteiger partial charge in [-0.05, 0) is 24.9 Å². The third kappa shape index (κ3) is 4.28. The Kier molecular flexibility index (Phi) is 5.49. The van der Waals surface area contributed by atoms with Gasteiger partial charge in [0.05, 0.1) is 0 Å². The highest BCUT2D eigenvalue weighted by molar-refractivity contribution is 5.51. The van der Waals surface area contributed by atoms with Crippen molar-refractivity contribution in [2.24, 2.45) is 5.92 Å². The molecule has 0 unspecified atom stereocenters. The molecule has 0 aliphatic carbocycles. The van der Waals surface area contributed by atoms with Crippen LogP contribution in [0.25, 0.3) is 0 Å². The van der Waals surface area contributed by atoms with Gasteiger partial charge >= 0.3 is 0 Å². The topological polar surface area (TPSA) is 60.0 Å². The molecule has 2 N–H and O–H groups in total. The van der Waals surface area contributed by atoms with Crippen LogP contribution < -0.4 is 14.8 Å². The number of fused-ring (bicyclic) bond motifs is 1. The lowest BCUT2D eigenvalue weighted by Crippen LogP contribution is -2.17. The summed E-state index contributed by atoms with van der Waals surface area (Å²) in [5.41, 5.74) is 0.817. The number of phenolic OH excluding ortho intramolecular Hbond substituents is 1. The maximum atomic E-state index is 9.88. The molecule has 1 aromatic carbocycles. The van der Waals surface area contributed by atoms with Crippen LogP contribution in [0.2, 0.25) is 0 Å². The molecule has 0 saturated carbocycles. The molecule has 1 heterocycles. The first kappa shape index (κ1) is 14.9. The monoisotopic (exact) mass is 281 g/mol. The van der Waals surface area contributed by atoms with Gasteiger partial charge in [0, 0.05) is 31.4 Å². The van der Waals surface area contributed by atoms with Crippen LogP contribution in [-0.4, -0.2) is 31.7 Å². The molecule has 2 rings (SSSR count). The molecule has 0 aromatic heterocycles. The van der Waals surface area contributed by atoms with Crippen molar-refractivity contribution >= 4 is 0 Å². The third-order valence-corrected chi connectivity index (χ3v) is 2.98. The summed E-state index contributed by atoms with van der Waals surface area (Å²) in [7, 11) is 0. The molecular weight excluding hydrogens is 258 g/mol. The number of hydrogen-bond acceptors (Lipinski definition) is 5. The largest absolute Gasteiger partial charge is 0.507 e. The first-order valence-corrected chi connectivity index (χ1v) is 7.06. The molecule has 1 aromatic rings. The second-order valence-electron chi connectivity index (χ2n) is 5.33. The number of aromatic hydroxyl groups is 1. The Bertz CT molecular complexity index is 434. The van der Waals surface area contributed by atoms with Gasteiger partial charge in [0.2, 0.25) is 6.79 Å². The van der Waals surface area contributed by atoms with Crippen LogP contribution in [0.5, 0.6) is 17.2 Å². The van der Waals surface area contributed by atoms with Crippen molar-refractivity contribution in [3.8, 4) is 17.2 Å². The molecule has 112 valence electrons. The second kappa shape index (κ2) is 7.36. The molecule has 0 amide bonds. The molecule has 0 atom stereocenters. The van der Waals surface area contributed by atoms with Crippen molar-refractivity contribution < 1.29 is 19.3 Å². The quantitative estimate of drug-likeness (QED) is 0.716. The number of nitrogens with one attached hydrogen (secondary N) is 1. The normalized spacial score (nSPS) is 13.2. The lowest BCUT2D eigenvalue weighted by molar-refractivity contribution is 0.108. The van der Waals surface area contributed by atoms with E-state index in [9.17, 15) is 5.11 Å². The Morgan fingerprint density at radius 1 is 1.30 bits per heavy atom. The van der Waals surface area contributed by atoms with E-state index >= 15 is 0 Å². The van der Waals surface area contributed by atoms with E-state index in [1.807, 2.05) is 6.07 Å². The van der Waals surface area contributed by atoms with E-state index in [0.29, 0.717) is 24.0 Å².